The van der Waals surface area contributed by atoms with Crippen LogP contribution in [0.5, 0.6) is 5.75 Å². The van der Waals surface area contributed by atoms with Gasteiger partial charge in [0.2, 0.25) is 0 Å². The number of fused-ring (bicyclic) bond motifs is 1. The summed E-state index contributed by atoms with van der Waals surface area (Å²) in [5.41, 5.74) is 5.24. The number of urea groups is 1. The summed E-state index contributed by atoms with van der Waals surface area (Å²) in [5.74, 6) is -0.813. The van der Waals surface area contributed by atoms with E-state index in [2.05, 4.69) is 10.6 Å². The molecule has 0 atom stereocenters. The predicted molar refractivity (Wildman–Crippen MR) is 108 cm³/mol. The third-order valence-electron chi connectivity index (χ3n) is 4.81. The van der Waals surface area contributed by atoms with Crippen LogP contribution in [-0.2, 0) is 27.2 Å². The summed E-state index contributed by atoms with van der Waals surface area (Å²) in [6.45, 7) is 3.02. The Hall–Kier alpha value is -3.35. The third kappa shape index (κ3) is 5.81. The summed E-state index contributed by atoms with van der Waals surface area (Å²) >= 11 is 0. The lowest BCUT2D eigenvalue weighted by Crippen LogP contribution is -2.37. The van der Waals surface area contributed by atoms with Crippen molar-refractivity contribution in [1.82, 2.24) is 5.32 Å². The molecule has 1 aliphatic rings. The number of esters is 1. The fraction of sp³-hybridized carbons (Fsp3) is 0.318. The Balaban J connectivity index is 1.37. The molecule has 0 aromatic heterocycles. The molecular formula is C22H24N2O5. The molecule has 29 heavy (non-hydrogen) atoms. The SMILES string of the molecule is Cc1ccc(NC(=O)NC(=O)COC(=O)COc2ccc3c(c2)CCC3)cc1C. The number of amides is 3. The van der Waals surface area contributed by atoms with E-state index in [0.717, 1.165) is 30.4 Å². The van der Waals surface area contributed by atoms with Gasteiger partial charge in [0.15, 0.2) is 13.2 Å². The molecule has 152 valence electrons. The van der Waals surface area contributed by atoms with Gasteiger partial charge in [-0.2, -0.15) is 0 Å². The number of ether oxygens (including phenoxy) is 2. The van der Waals surface area contributed by atoms with E-state index in [9.17, 15) is 14.4 Å². The number of rotatable bonds is 6. The number of hydrogen-bond acceptors (Lipinski definition) is 5. The van der Waals surface area contributed by atoms with E-state index in [1.165, 1.54) is 11.1 Å². The summed E-state index contributed by atoms with van der Waals surface area (Å²) < 4.78 is 10.3. The molecule has 0 radical (unpaired) electrons. The van der Waals surface area contributed by atoms with Crippen LogP contribution >= 0.6 is 0 Å². The van der Waals surface area contributed by atoms with Crippen molar-refractivity contribution in [2.45, 2.75) is 33.1 Å². The van der Waals surface area contributed by atoms with E-state index >= 15 is 0 Å². The second-order valence-electron chi connectivity index (χ2n) is 7.03. The highest BCUT2D eigenvalue weighted by Gasteiger charge is 2.14. The number of benzene rings is 2. The first-order chi connectivity index (χ1) is 13.9. The number of nitrogens with one attached hydrogen (secondary N) is 2. The minimum absolute atomic E-state index is 0.305. The van der Waals surface area contributed by atoms with Gasteiger partial charge < -0.3 is 14.8 Å². The zero-order chi connectivity index (χ0) is 20.8. The summed E-state index contributed by atoms with van der Waals surface area (Å²) in [7, 11) is 0. The lowest BCUT2D eigenvalue weighted by molar-refractivity contribution is -0.150. The fourth-order valence-corrected chi connectivity index (χ4v) is 3.11. The number of carbonyl (C=O) groups excluding carboxylic acids is 3. The molecule has 0 unspecified atom stereocenters. The van der Waals surface area contributed by atoms with E-state index in [-0.39, 0.29) is 6.61 Å². The first-order valence-electron chi connectivity index (χ1n) is 9.49. The van der Waals surface area contributed by atoms with Gasteiger partial charge >= 0.3 is 12.0 Å². The number of anilines is 1. The van der Waals surface area contributed by atoms with E-state index in [4.69, 9.17) is 9.47 Å². The zero-order valence-corrected chi connectivity index (χ0v) is 16.5. The summed E-state index contributed by atoms with van der Waals surface area (Å²) in [6, 6.07) is 10.5. The molecule has 0 saturated heterocycles. The third-order valence-corrected chi connectivity index (χ3v) is 4.81. The number of aryl methyl sites for hydroxylation is 4. The Morgan fingerprint density at radius 3 is 2.52 bits per heavy atom. The molecule has 0 saturated carbocycles. The van der Waals surface area contributed by atoms with Crippen molar-refractivity contribution in [2.75, 3.05) is 18.5 Å². The molecule has 0 spiro atoms. The zero-order valence-electron chi connectivity index (χ0n) is 16.5. The van der Waals surface area contributed by atoms with E-state index < -0.39 is 24.5 Å². The van der Waals surface area contributed by atoms with Gasteiger partial charge in [0.25, 0.3) is 5.91 Å². The van der Waals surface area contributed by atoms with E-state index in [1.54, 1.807) is 12.1 Å². The molecule has 2 aromatic carbocycles. The number of imide groups is 1. The van der Waals surface area contributed by atoms with Crippen molar-refractivity contribution in [2.24, 2.45) is 0 Å². The largest absolute Gasteiger partial charge is 0.482 e. The predicted octanol–water partition coefficient (Wildman–Crippen LogP) is 3.06. The number of hydrogen-bond donors (Lipinski definition) is 2. The Labute approximate surface area is 169 Å². The van der Waals surface area contributed by atoms with Gasteiger partial charge in [0.05, 0.1) is 0 Å². The minimum atomic E-state index is -0.725. The second kappa shape index (κ2) is 9.23. The van der Waals surface area contributed by atoms with Crippen LogP contribution in [0.2, 0.25) is 0 Å². The van der Waals surface area contributed by atoms with Gasteiger partial charge in [-0.05, 0) is 79.6 Å². The Morgan fingerprint density at radius 2 is 1.72 bits per heavy atom. The molecule has 0 heterocycles. The monoisotopic (exact) mass is 396 g/mol. The topological polar surface area (TPSA) is 93.7 Å². The smallest absolute Gasteiger partial charge is 0.344 e. The maximum absolute atomic E-state index is 11.9. The van der Waals surface area contributed by atoms with Gasteiger partial charge in [0, 0.05) is 5.69 Å². The summed E-state index contributed by atoms with van der Waals surface area (Å²) in [5, 5.41) is 4.67. The van der Waals surface area contributed by atoms with Gasteiger partial charge in [-0.15, -0.1) is 0 Å². The summed E-state index contributed by atoms with van der Waals surface area (Å²) in [4.78, 5) is 35.4. The molecule has 1 aliphatic carbocycles. The van der Waals surface area contributed by atoms with Crippen molar-refractivity contribution in [3.05, 3.63) is 58.7 Å². The van der Waals surface area contributed by atoms with Crippen LogP contribution in [0.3, 0.4) is 0 Å². The van der Waals surface area contributed by atoms with Crippen LogP contribution in [-0.4, -0.2) is 31.1 Å². The van der Waals surface area contributed by atoms with Crippen LogP contribution < -0.4 is 15.4 Å². The van der Waals surface area contributed by atoms with Crippen molar-refractivity contribution in [1.29, 1.82) is 0 Å². The molecule has 2 N–H and O–H groups in total. The van der Waals surface area contributed by atoms with Crippen LogP contribution in [0.25, 0.3) is 0 Å². The highest BCUT2D eigenvalue weighted by Crippen LogP contribution is 2.25. The first kappa shape index (κ1) is 20.4. The second-order valence-corrected chi connectivity index (χ2v) is 7.03. The van der Waals surface area contributed by atoms with Gasteiger partial charge in [-0.1, -0.05) is 12.1 Å². The maximum atomic E-state index is 11.9. The minimum Gasteiger partial charge on any atom is -0.482 e. The standard InChI is InChI=1S/C22H24N2O5/c1-14-6-8-18(10-15(14)2)23-22(27)24-20(25)12-29-21(26)13-28-19-9-7-16-4-3-5-17(16)11-19/h6-11H,3-5,12-13H2,1-2H3,(H2,23,24,25,27). The maximum Gasteiger partial charge on any atom is 0.344 e. The molecule has 7 heteroatoms. The van der Waals surface area contributed by atoms with Gasteiger partial charge in [-0.25, -0.2) is 9.59 Å². The van der Waals surface area contributed by atoms with Gasteiger partial charge in [0.1, 0.15) is 5.75 Å². The molecule has 2 aromatic rings. The lowest BCUT2D eigenvalue weighted by atomic mass is 10.1. The molecule has 0 fully saturated rings. The average Bonchev–Trinajstić information content (AvgIpc) is 3.15. The molecular weight excluding hydrogens is 372 g/mol. The van der Waals surface area contributed by atoms with Crippen LogP contribution in [0.15, 0.2) is 36.4 Å². The van der Waals surface area contributed by atoms with Crippen LogP contribution in [0, 0.1) is 13.8 Å². The highest BCUT2D eigenvalue weighted by atomic mass is 16.6. The van der Waals surface area contributed by atoms with Crippen molar-refractivity contribution < 1.29 is 23.9 Å². The van der Waals surface area contributed by atoms with E-state index in [1.807, 2.05) is 38.1 Å². The van der Waals surface area contributed by atoms with Crippen molar-refractivity contribution >= 4 is 23.6 Å². The molecule has 0 aliphatic heterocycles. The number of carbonyl (C=O) groups is 3. The van der Waals surface area contributed by atoms with Crippen LogP contribution in [0.1, 0.15) is 28.7 Å². The Kier molecular flexibility index (Phi) is 6.49. The molecule has 3 amide bonds. The quantitative estimate of drug-likeness (QED) is 0.732. The highest BCUT2D eigenvalue weighted by molar-refractivity contribution is 6.01. The fourth-order valence-electron chi connectivity index (χ4n) is 3.11. The van der Waals surface area contributed by atoms with Gasteiger partial charge in [-0.3, -0.25) is 10.1 Å². The molecule has 0 bridgehead atoms. The normalized spacial score (nSPS) is 12.1. The van der Waals surface area contributed by atoms with Crippen molar-refractivity contribution in [3.63, 3.8) is 0 Å². The Bertz CT molecular complexity index is 939. The van der Waals surface area contributed by atoms with E-state index in [0.29, 0.717) is 11.4 Å². The molecule has 7 nitrogen and oxygen atoms in total. The lowest BCUT2D eigenvalue weighted by Gasteiger charge is -2.10. The molecule has 3 rings (SSSR count). The first-order valence-corrected chi connectivity index (χ1v) is 9.49. The van der Waals surface area contributed by atoms with Crippen molar-refractivity contribution in [3.8, 4) is 5.75 Å². The Morgan fingerprint density at radius 1 is 0.931 bits per heavy atom. The van der Waals surface area contributed by atoms with Crippen LogP contribution in [0.4, 0.5) is 10.5 Å². The average molecular weight is 396 g/mol. The summed E-state index contributed by atoms with van der Waals surface area (Å²) in [6.07, 6.45) is 3.22.